The van der Waals surface area contributed by atoms with E-state index < -0.39 is 0 Å². The van der Waals surface area contributed by atoms with Crippen LogP contribution in [0.3, 0.4) is 0 Å². The van der Waals surface area contributed by atoms with Gasteiger partial charge in [0.1, 0.15) is 0 Å². The normalized spacial score (nSPS) is 32.2. The molecule has 1 aliphatic rings. The third kappa shape index (κ3) is 2.14. The van der Waals surface area contributed by atoms with Crippen LogP contribution < -0.4 is 0 Å². The summed E-state index contributed by atoms with van der Waals surface area (Å²) in [7, 11) is 0. The third-order valence-electron chi connectivity index (χ3n) is 2.20. The minimum Gasteiger partial charge on any atom is -0.152 e. The van der Waals surface area contributed by atoms with Crippen molar-refractivity contribution in [3.63, 3.8) is 0 Å². The van der Waals surface area contributed by atoms with E-state index in [4.69, 9.17) is 0 Å². The molecule has 0 aliphatic carbocycles. The van der Waals surface area contributed by atoms with E-state index in [2.05, 4.69) is 53.3 Å². The first-order valence-corrected chi connectivity index (χ1v) is 5.32. The Hall–Kier alpha value is 0.350. The van der Waals surface area contributed by atoms with Gasteiger partial charge in [0.25, 0.3) is 0 Å². The average Bonchev–Trinajstić information content (AvgIpc) is 2.30. The van der Waals surface area contributed by atoms with Crippen LogP contribution in [0.2, 0.25) is 0 Å². The van der Waals surface area contributed by atoms with Crippen LogP contribution in [-0.4, -0.2) is 10.5 Å². The molecule has 1 aliphatic heterocycles. The van der Waals surface area contributed by atoms with Crippen molar-refractivity contribution in [3.05, 3.63) is 0 Å². The molecule has 1 fully saturated rings. The van der Waals surface area contributed by atoms with Gasteiger partial charge < -0.3 is 0 Å². The fraction of sp³-hybridized carbons (Fsp3) is 1.00. The highest BCUT2D eigenvalue weighted by atomic mass is 32.2. The van der Waals surface area contributed by atoms with Crippen LogP contribution in [0.5, 0.6) is 0 Å². The highest BCUT2D eigenvalue weighted by molar-refractivity contribution is 8.07. The van der Waals surface area contributed by atoms with Gasteiger partial charge in [0.05, 0.1) is 0 Å². The first-order chi connectivity index (χ1) is 4.73. The minimum absolute atomic E-state index is 0.503. The molecular weight excluding hydrogens is 152 g/mol. The molecule has 1 saturated heterocycles. The summed E-state index contributed by atoms with van der Waals surface area (Å²) in [6.07, 6.45) is 0. The first-order valence-electron chi connectivity index (χ1n) is 4.38. The van der Waals surface area contributed by atoms with Crippen molar-refractivity contribution in [1.29, 1.82) is 0 Å². The molecule has 0 spiro atoms. The lowest BCUT2D eigenvalue weighted by Crippen LogP contribution is -2.23. The predicted octanol–water partition coefficient (Wildman–Crippen LogP) is 3.56. The molecular formula is C10H20S. The van der Waals surface area contributed by atoms with E-state index in [1.54, 1.807) is 0 Å². The minimum atomic E-state index is 0.503. The molecule has 0 aromatic rings. The Labute approximate surface area is 75.1 Å². The fourth-order valence-corrected chi connectivity index (χ4v) is 3.29. The SMILES string of the molecule is CC(C)(C)C1SC1C(C)(C)C. The van der Waals surface area contributed by atoms with Gasteiger partial charge >= 0.3 is 0 Å². The molecule has 1 heteroatoms. The van der Waals surface area contributed by atoms with E-state index in [-0.39, 0.29) is 0 Å². The summed E-state index contributed by atoms with van der Waals surface area (Å²) >= 11 is 2.15. The summed E-state index contributed by atoms with van der Waals surface area (Å²) in [5.74, 6) is 0. The highest BCUT2D eigenvalue weighted by Gasteiger charge is 2.51. The zero-order valence-corrected chi connectivity index (χ0v) is 9.38. The lowest BCUT2D eigenvalue weighted by atomic mass is 9.81. The quantitative estimate of drug-likeness (QED) is 0.503. The Kier molecular flexibility index (Phi) is 2.07. The van der Waals surface area contributed by atoms with Gasteiger partial charge in [-0.15, -0.1) is 0 Å². The van der Waals surface area contributed by atoms with Gasteiger partial charge in [0.2, 0.25) is 0 Å². The summed E-state index contributed by atoms with van der Waals surface area (Å²) in [4.78, 5) is 0. The van der Waals surface area contributed by atoms with Crippen LogP contribution in [-0.2, 0) is 0 Å². The van der Waals surface area contributed by atoms with Crippen LogP contribution in [0.25, 0.3) is 0 Å². The van der Waals surface area contributed by atoms with Gasteiger partial charge in [0.15, 0.2) is 0 Å². The Morgan fingerprint density at radius 2 is 1.00 bits per heavy atom. The van der Waals surface area contributed by atoms with Crippen molar-refractivity contribution >= 4 is 11.8 Å². The van der Waals surface area contributed by atoms with Crippen molar-refractivity contribution in [2.45, 2.75) is 52.0 Å². The molecule has 0 amide bonds. The second kappa shape index (κ2) is 2.42. The van der Waals surface area contributed by atoms with Crippen LogP contribution in [0.4, 0.5) is 0 Å². The maximum atomic E-state index is 2.34. The molecule has 0 N–H and O–H groups in total. The lowest BCUT2D eigenvalue weighted by Gasteiger charge is -2.22. The Morgan fingerprint density at radius 3 is 1.09 bits per heavy atom. The number of hydrogen-bond donors (Lipinski definition) is 0. The summed E-state index contributed by atoms with van der Waals surface area (Å²) in [6.45, 7) is 14.1. The van der Waals surface area contributed by atoms with Crippen LogP contribution in [0.1, 0.15) is 41.5 Å². The van der Waals surface area contributed by atoms with Crippen molar-refractivity contribution in [2.24, 2.45) is 10.8 Å². The van der Waals surface area contributed by atoms with E-state index in [0.29, 0.717) is 10.8 Å². The molecule has 1 heterocycles. The van der Waals surface area contributed by atoms with Crippen LogP contribution in [0, 0.1) is 10.8 Å². The van der Waals surface area contributed by atoms with Gasteiger partial charge in [0, 0.05) is 10.5 Å². The molecule has 2 atom stereocenters. The molecule has 0 bridgehead atoms. The van der Waals surface area contributed by atoms with Crippen LogP contribution >= 0.6 is 11.8 Å². The summed E-state index contributed by atoms with van der Waals surface area (Å²) in [5.41, 5.74) is 1.01. The van der Waals surface area contributed by atoms with Crippen molar-refractivity contribution in [2.75, 3.05) is 0 Å². The first kappa shape index (κ1) is 9.44. The monoisotopic (exact) mass is 172 g/mol. The number of rotatable bonds is 0. The molecule has 0 radical (unpaired) electrons. The molecule has 1 rings (SSSR count). The number of hydrogen-bond acceptors (Lipinski definition) is 1. The van der Waals surface area contributed by atoms with E-state index in [9.17, 15) is 0 Å². The molecule has 11 heavy (non-hydrogen) atoms. The highest BCUT2D eigenvalue weighted by Crippen LogP contribution is 2.58. The molecule has 0 nitrogen and oxygen atoms in total. The van der Waals surface area contributed by atoms with E-state index in [1.165, 1.54) is 0 Å². The Bertz CT molecular complexity index is 129. The van der Waals surface area contributed by atoms with Crippen LogP contribution in [0.15, 0.2) is 0 Å². The second-order valence-corrected chi connectivity index (χ2v) is 7.00. The van der Waals surface area contributed by atoms with E-state index >= 15 is 0 Å². The molecule has 0 aromatic carbocycles. The standard InChI is InChI=1S/C10H20S/c1-9(2,3)7-8(11-7)10(4,5)6/h7-8H,1-6H3. The van der Waals surface area contributed by atoms with E-state index in [0.717, 1.165) is 10.5 Å². The van der Waals surface area contributed by atoms with Crippen molar-refractivity contribution in [3.8, 4) is 0 Å². The average molecular weight is 172 g/mol. The summed E-state index contributed by atoms with van der Waals surface area (Å²) < 4.78 is 0. The zero-order valence-electron chi connectivity index (χ0n) is 8.56. The molecule has 2 unspecified atom stereocenters. The van der Waals surface area contributed by atoms with E-state index in [1.807, 2.05) is 0 Å². The Morgan fingerprint density at radius 1 is 0.727 bits per heavy atom. The maximum Gasteiger partial charge on any atom is 0.0223 e. The molecule has 0 saturated carbocycles. The largest absolute Gasteiger partial charge is 0.152 e. The number of thioether (sulfide) groups is 1. The van der Waals surface area contributed by atoms with Gasteiger partial charge in [-0.25, -0.2) is 0 Å². The summed E-state index contributed by atoms with van der Waals surface area (Å²) in [5, 5.41) is 1.78. The Balaban J connectivity index is 2.51. The van der Waals surface area contributed by atoms with Crippen molar-refractivity contribution < 1.29 is 0 Å². The second-order valence-electron chi connectivity index (χ2n) is 5.71. The van der Waals surface area contributed by atoms with Gasteiger partial charge in [-0.1, -0.05) is 41.5 Å². The third-order valence-corrected chi connectivity index (χ3v) is 4.43. The molecule has 0 aromatic heterocycles. The predicted molar refractivity (Wildman–Crippen MR) is 54.1 cm³/mol. The van der Waals surface area contributed by atoms with Gasteiger partial charge in [-0.05, 0) is 10.8 Å². The summed E-state index contributed by atoms with van der Waals surface area (Å²) in [6, 6.07) is 0. The van der Waals surface area contributed by atoms with Crippen molar-refractivity contribution in [1.82, 2.24) is 0 Å². The topological polar surface area (TPSA) is 0 Å². The maximum absolute atomic E-state index is 2.34. The fourth-order valence-electron chi connectivity index (χ4n) is 1.43. The van der Waals surface area contributed by atoms with Gasteiger partial charge in [-0.3, -0.25) is 0 Å². The zero-order chi connectivity index (χ0) is 8.86. The lowest BCUT2D eigenvalue weighted by molar-refractivity contribution is 0.335. The smallest absolute Gasteiger partial charge is 0.0223 e. The molecule has 66 valence electrons. The van der Waals surface area contributed by atoms with Gasteiger partial charge in [-0.2, -0.15) is 11.8 Å².